The number of para-hydroxylation sites is 2. The van der Waals surface area contributed by atoms with Gasteiger partial charge in [-0.05, 0) is 66.4 Å². The molecule has 0 saturated carbocycles. The molecule has 0 fully saturated rings. The number of benzene rings is 3. The zero-order chi connectivity index (χ0) is 23.3. The minimum atomic E-state index is -0.279. The van der Waals surface area contributed by atoms with Crippen molar-refractivity contribution in [3.63, 3.8) is 0 Å². The van der Waals surface area contributed by atoms with Gasteiger partial charge < -0.3 is 0 Å². The smallest absolute Gasteiger partial charge is 0.268 e. The second kappa shape index (κ2) is 8.23. The van der Waals surface area contributed by atoms with Crippen LogP contribution < -0.4 is 10.0 Å². The summed E-state index contributed by atoms with van der Waals surface area (Å²) in [4.78, 5) is 18.9. The number of amidine groups is 1. The van der Waals surface area contributed by atoms with Gasteiger partial charge in [-0.15, -0.1) is 0 Å². The fraction of sp³-hybridized carbons (Fsp3) is 0.120. The van der Waals surface area contributed by atoms with Crippen molar-refractivity contribution in [2.45, 2.75) is 20.8 Å². The number of oxime groups is 1. The van der Waals surface area contributed by atoms with Gasteiger partial charge in [0.15, 0.2) is 0 Å². The van der Waals surface area contributed by atoms with Gasteiger partial charge in [0.05, 0.1) is 16.7 Å². The lowest BCUT2D eigenvalue weighted by Crippen LogP contribution is -2.49. The normalized spacial score (nSPS) is 15.0. The second-order valence-electron chi connectivity index (χ2n) is 7.82. The Kier molecular flexibility index (Phi) is 5.37. The lowest BCUT2D eigenvalue weighted by molar-refractivity contribution is -0.155. The highest BCUT2D eigenvalue weighted by molar-refractivity contribution is 6.38. The Morgan fingerprint density at radius 2 is 1.48 bits per heavy atom. The van der Waals surface area contributed by atoms with E-state index in [-0.39, 0.29) is 5.91 Å². The Labute approximate surface area is 201 Å². The molecule has 0 N–H and O–H groups in total. The summed E-state index contributed by atoms with van der Waals surface area (Å²) >= 11 is 13.1. The van der Waals surface area contributed by atoms with Crippen LogP contribution in [0.25, 0.3) is 6.08 Å². The summed E-state index contributed by atoms with van der Waals surface area (Å²) < 4.78 is 0. The van der Waals surface area contributed by atoms with Crippen molar-refractivity contribution >= 4 is 52.4 Å². The Hall–Kier alpha value is -3.32. The molecule has 0 unspecified atom stereocenters. The zero-order valence-electron chi connectivity index (χ0n) is 18.2. The Bertz CT molecular complexity index is 1310. The molecule has 1 amide bonds. The van der Waals surface area contributed by atoms with Crippen molar-refractivity contribution < 1.29 is 9.73 Å². The first-order chi connectivity index (χ1) is 15.9. The number of halogens is 2. The van der Waals surface area contributed by atoms with Crippen LogP contribution in [0.2, 0.25) is 10.0 Å². The van der Waals surface area contributed by atoms with Crippen LogP contribution in [0.3, 0.4) is 0 Å². The van der Waals surface area contributed by atoms with Crippen molar-refractivity contribution in [1.82, 2.24) is 5.28 Å². The number of amides is 1. The van der Waals surface area contributed by atoms with Crippen LogP contribution in [0, 0.1) is 20.8 Å². The topological polar surface area (TPSA) is 48.4 Å². The van der Waals surface area contributed by atoms with Crippen LogP contribution >= 0.6 is 23.2 Å². The molecule has 6 nitrogen and oxygen atoms in total. The molecule has 2 aliphatic heterocycles. The molecular weight excluding hydrogens is 459 g/mol. The van der Waals surface area contributed by atoms with Crippen LogP contribution in [0.4, 0.5) is 11.4 Å². The van der Waals surface area contributed by atoms with Gasteiger partial charge in [-0.2, -0.15) is 10.0 Å². The van der Waals surface area contributed by atoms with Gasteiger partial charge in [-0.1, -0.05) is 65.7 Å². The quantitative estimate of drug-likeness (QED) is 0.419. The average molecular weight is 479 g/mol. The van der Waals surface area contributed by atoms with Crippen LogP contribution in [-0.4, -0.2) is 17.0 Å². The van der Waals surface area contributed by atoms with Crippen LogP contribution in [-0.2, 0) is 9.73 Å². The van der Waals surface area contributed by atoms with Crippen molar-refractivity contribution in [3.8, 4) is 0 Å². The summed E-state index contributed by atoms with van der Waals surface area (Å²) in [5.74, 6) is 0.224. The van der Waals surface area contributed by atoms with Crippen molar-refractivity contribution in [2.75, 3.05) is 10.0 Å². The number of fused-ring (bicyclic) bond motifs is 3. The zero-order valence-corrected chi connectivity index (χ0v) is 19.7. The van der Waals surface area contributed by atoms with Gasteiger partial charge in [0.1, 0.15) is 0 Å². The van der Waals surface area contributed by atoms with E-state index < -0.39 is 0 Å². The molecule has 8 heteroatoms. The lowest BCUT2D eigenvalue weighted by Gasteiger charge is -2.25. The standard InChI is InChI=1S/C25H20Cl2N4O2/c1-15-22(16(2)24(27)17(3)23(15)26)25-28-33-31-29(19-11-7-8-12-20(19)30(25)31)21(32)14-13-18-9-5-4-6-10-18/h4-14H,1-3H3/b14-13+. The molecule has 3 aromatic carbocycles. The highest BCUT2D eigenvalue weighted by Gasteiger charge is 2.47. The third-order valence-corrected chi connectivity index (χ3v) is 6.93. The SMILES string of the molecule is Cc1c(Cl)c(C)c(C2=NON3N(C(=O)/C=C/c4ccccc4)c4ccccc4N23)c(C)c1Cl. The van der Waals surface area contributed by atoms with E-state index in [1.54, 1.807) is 11.1 Å². The second-order valence-corrected chi connectivity index (χ2v) is 8.58. The molecule has 0 bridgehead atoms. The summed E-state index contributed by atoms with van der Waals surface area (Å²) in [7, 11) is 0. The minimum Gasteiger partial charge on any atom is -0.268 e. The number of hydrogen-bond donors (Lipinski definition) is 0. The van der Waals surface area contributed by atoms with Gasteiger partial charge in [0.2, 0.25) is 5.84 Å². The van der Waals surface area contributed by atoms with Crippen molar-refractivity contribution in [1.29, 1.82) is 0 Å². The molecule has 0 radical (unpaired) electrons. The Morgan fingerprint density at radius 1 is 0.879 bits per heavy atom. The average Bonchev–Trinajstić information content (AvgIpc) is 3.39. The molecule has 0 spiro atoms. The van der Waals surface area contributed by atoms with E-state index in [9.17, 15) is 4.79 Å². The molecular formula is C25H20Cl2N4O2. The molecule has 5 rings (SSSR count). The maximum atomic E-state index is 13.3. The number of carbonyl (C=O) groups is 1. The van der Waals surface area contributed by atoms with Gasteiger partial charge >= 0.3 is 0 Å². The van der Waals surface area contributed by atoms with Crippen LogP contribution in [0.5, 0.6) is 0 Å². The maximum Gasteiger partial charge on any atom is 0.269 e. The molecule has 2 aliphatic rings. The van der Waals surface area contributed by atoms with Crippen molar-refractivity contribution in [3.05, 3.63) is 98.5 Å². The Balaban J connectivity index is 1.56. The lowest BCUT2D eigenvalue weighted by atomic mass is 9.98. The predicted molar refractivity (Wildman–Crippen MR) is 132 cm³/mol. The first-order valence-corrected chi connectivity index (χ1v) is 11.1. The maximum absolute atomic E-state index is 13.3. The third kappa shape index (κ3) is 3.38. The summed E-state index contributed by atoms with van der Waals surface area (Å²) in [6.45, 7) is 5.73. The number of hydrogen-bond acceptors (Lipinski definition) is 5. The van der Waals surface area contributed by atoms with E-state index in [2.05, 4.69) is 5.16 Å². The van der Waals surface area contributed by atoms with E-state index in [1.807, 2.05) is 75.4 Å². The molecule has 33 heavy (non-hydrogen) atoms. The predicted octanol–water partition coefficient (Wildman–Crippen LogP) is 6.22. The number of rotatable bonds is 3. The fourth-order valence-corrected chi connectivity index (χ4v) is 4.56. The molecule has 2 heterocycles. The monoisotopic (exact) mass is 478 g/mol. The Morgan fingerprint density at radius 3 is 2.15 bits per heavy atom. The van der Waals surface area contributed by atoms with E-state index in [4.69, 9.17) is 28.1 Å². The first kappa shape index (κ1) is 21.5. The summed E-state index contributed by atoms with van der Waals surface area (Å²) in [5, 5.41) is 9.99. The molecule has 0 atom stereocenters. The summed E-state index contributed by atoms with van der Waals surface area (Å²) in [6.07, 6.45) is 3.27. The van der Waals surface area contributed by atoms with Gasteiger partial charge in [-0.25, -0.2) is 0 Å². The molecule has 0 aromatic heterocycles. The third-order valence-electron chi connectivity index (χ3n) is 5.80. The van der Waals surface area contributed by atoms with Gasteiger partial charge in [-0.3, -0.25) is 9.73 Å². The summed E-state index contributed by atoms with van der Waals surface area (Å²) in [6, 6.07) is 17.2. The minimum absolute atomic E-state index is 0.279. The molecule has 0 saturated heterocycles. The van der Waals surface area contributed by atoms with E-state index in [0.717, 1.165) is 33.5 Å². The number of carbonyl (C=O) groups excluding carboxylic acids is 1. The van der Waals surface area contributed by atoms with Gasteiger partial charge in [0, 0.05) is 21.7 Å². The van der Waals surface area contributed by atoms with E-state index in [0.29, 0.717) is 21.6 Å². The fourth-order valence-electron chi connectivity index (χ4n) is 4.13. The molecule has 3 aromatic rings. The summed E-state index contributed by atoms with van der Waals surface area (Å²) in [5.41, 5.74) is 5.61. The highest BCUT2D eigenvalue weighted by Crippen LogP contribution is 2.44. The highest BCUT2D eigenvalue weighted by atomic mass is 35.5. The van der Waals surface area contributed by atoms with Gasteiger partial charge in [0.25, 0.3) is 5.91 Å². The van der Waals surface area contributed by atoms with Crippen molar-refractivity contribution in [2.24, 2.45) is 5.16 Å². The largest absolute Gasteiger partial charge is 0.269 e. The van der Waals surface area contributed by atoms with E-state index >= 15 is 0 Å². The van der Waals surface area contributed by atoms with Crippen LogP contribution in [0.15, 0.2) is 65.8 Å². The number of anilines is 2. The number of hydrazine groups is 2. The first-order valence-electron chi connectivity index (χ1n) is 10.4. The van der Waals surface area contributed by atoms with E-state index in [1.165, 1.54) is 16.4 Å². The molecule has 0 aliphatic carbocycles. The number of nitrogens with zero attached hydrogens (tertiary/aromatic N) is 4. The van der Waals surface area contributed by atoms with Crippen LogP contribution in [0.1, 0.15) is 27.8 Å². The molecule has 166 valence electrons.